The van der Waals surface area contributed by atoms with Crippen molar-refractivity contribution in [3.8, 4) is 0 Å². The van der Waals surface area contributed by atoms with Crippen molar-refractivity contribution in [1.29, 1.82) is 0 Å². The Hall–Kier alpha value is -0.700. The largest absolute Gasteiger partial charge is 0.743 e. The number of rotatable bonds is 10. The second kappa shape index (κ2) is 12.1. The molecule has 0 aromatic rings. The number of carbonyl (C=O) groups is 1. The second-order valence-electron chi connectivity index (χ2n) is 7.19. The molecular weight excluding hydrogens is 503 g/mol. The van der Waals surface area contributed by atoms with Crippen molar-refractivity contribution in [3.63, 3.8) is 0 Å². The number of Topliss-reactive ketones (excluding diaryl/α,β-unsaturated/α-hetero) is 1. The fraction of sp³-hybridized carbons (Fsp3) is 0.941. The van der Waals surface area contributed by atoms with Crippen LogP contribution in [0.2, 0.25) is 0 Å². The molecule has 0 amide bonds. The van der Waals surface area contributed by atoms with E-state index < -0.39 is 33.4 Å². The Bertz CT molecular complexity index is 689. The molecular formula is C17H25F9O4S2. The van der Waals surface area contributed by atoms with Crippen LogP contribution in [-0.2, 0) is 25.8 Å². The minimum Gasteiger partial charge on any atom is -0.743 e. The lowest BCUT2D eigenvalue weighted by atomic mass is 10.1. The Kier molecular flexibility index (Phi) is 11.9. The zero-order valence-corrected chi connectivity index (χ0v) is 18.8. The second-order valence-corrected chi connectivity index (χ2v) is 10.9. The summed E-state index contributed by atoms with van der Waals surface area (Å²) < 4.78 is 135. The SMILES string of the molecule is CCCCCCC(=O)C[S+]1CCCCC1.O=S(=O)([O-])C(F)(F)C(F)(F)C(F)(F)C(F)(F)F. The molecule has 1 rings (SSSR count). The van der Waals surface area contributed by atoms with E-state index in [0.717, 1.165) is 18.6 Å². The molecule has 0 bridgehead atoms. The molecule has 0 radical (unpaired) electrons. The number of carbonyl (C=O) groups excluding carboxylic acids is 1. The van der Waals surface area contributed by atoms with Crippen molar-refractivity contribution in [3.05, 3.63) is 0 Å². The van der Waals surface area contributed by atoms with Gasteiger partial charge in [-0.05, 0) is 36.6 Å². The summed E-state index contributed by atoms with van der Waals surface area (Å²) in [6.45, 7) is 2.21. The van der Waals surface area contributed by atoms with Crippen LogP contribution in [0, 0.1) is 0 Å². The highest BCUT2D eigenvalue weighted by atomic mass is 32.2. The van der Waals surface area contributed by atoms with Gasteiger partial charge in [0, 0.05) is 6.42 Å². The number of hydrogen-bond donors (Lipinski definition) is 0. The highest BCUT2D eigenvalue weighted by Crippen LogP contribution is 2.54. The highest BCUT2D eigenvalue weighted by Gasteiger charge is 2.83. The Labute approximate surface area is 183 Å². The predicted octanol–water partition coefficient (Wildman–Crippen LogP) is 5.29. The normalized spacial score (nSPS) is 17.0. The Morgan fingerprint density at radius 3 is 1.75 bits per heavy atom. The zero-order chi connectivity index (χ0) is 25.4. The maximum Gasteiger partial charge on any atom is 0.460 e. The van der Waals surface area contributed by atoms with E-state index in [1.54, 1.807) is 0 Å². The molecule has 0 atom stereocenters. The van der Waals surface area contributed by atoms with Gasteiger partial charge in [0.25, 0.3) is 0 Å². The molecule has 0 unspecified atom stereocenters. The van der Waals surface area contributed by atoms with Gasteiger partial charge in [-0.3, -0.25) is 4.79 Å². The van der Waals surface area contributed by atoms with E-state index in [-0.39, 0.29) is 0 Å². The Balaban J connectivity index is 0.000000604. The van der Waals surface area contributed by atoms with Gasteiger partial charge in [0.2, 0.25) is 0 Å². The molecule has 1 aliphatic heterocycles. The van der Waals surface area contributed by atoms with Gasteiger partial charge in [-0.25, -0.2) is 8.42 Å². The van der Waals surface area contributed by atoms with E-state index in [2.05, 4.69) is 6.92 Å². The maximum absolute atomic E-state index is 12.2. The molecule has 0 N–H and O–H groups in total. The van der Waals surface area contributed by atoms with Crippen LogP contribution in [0.4, 0.5) is 39.5 Å². The third kappa shape index (κ3) is 8.26. The molecule has 0 aliphatic carbocycles. The molecule has 1 saturated heterocycles. The summed E-state index contributed by atoms with van der Waals surface area (Å²) in [5.74, 6) is -10.7. The molecule has 15 heteroatoms. The lowest BCUT2D eigenvalue weighted by Gasteiger charge is -2.34. The van der Waals surface area contributed by atoms with Gasteiger partial charge < -0.3 is 4.55 Å². The van der Waals surface area contributed by atoms with Gasteiger partial charge in [-0.15, -0.1) is 0 Å². The summed E-state index contributed by atoms with van der Waals surface area (Å²) in [6.07, 6.45) is 2.75. The zero-order valence-electron chi connectivity index (χ0n) is 17.1. The van der Waals surface area contributed by atoms with Crippen LogP contribution in [0.25, 0.3) is 0 Å². The van der Waals surface area contributed by atoms with Gasteiger partial charge in [0.05, 0.1) is 0 Å². The lowest BCUT2D eigenvalue weighted by Crippen LogP contribution is -2.63. The average molecular weight is 528 g/mol. The summed E-state index contributed by atoms with van der Waals surface area (Å²) in [7, 11) is -6.95. The third-order valence-electron chi connectivity index (χ3n) is 4.47. The molecule has 0 saturated carbocycles. The number of ketones is 1. The van der Waals surface area contributed by atoms with E-state index in [9.17, 15) is 57.3 Å². The van der Waals surface area contributed by atoms with Crippen LogP contribution >= 0.6 is 0 Å². The molecule has 0 aromatic carbocycles. The third-order valence-corrected chi connectivity index (χ3v) is 7.82. The highest BCUT2D eigenvalue weighted by molar-refractivity contribution is 7.97. The van der Waals surface area contributed by atoms with Crippen LogP contribution in [0.3, 0.4) is 0 Å². The molecule has 4 nitrogen and oxygen atoms in total. The van der Waals surface area contributed by atoms with Crippen molar-refractivity contribution < 1.29 is 57.3 Å². The van der Waals surface area contributed by atoms with E-state index in [1.807, 2.05) is 0 Å². The summed E-state index contributed by atoms with van der Waals surface area (Å²) in [5, 5.41) is -7.11. The quantitative estimate of drug-likeness (QED) is 0.167. The van der Waals surface area contributed by atoms with Crippen molar-refractivity contribution in [1.82, 2.24) is 0 Å². The fourth-order valence-electron chi connectivity index (χ4n) is 2.60. The van der Waals surface area contributed by atoms with Crippen molar-refractivity contribution in [2.24, 2.45) is 0 Å². The van der Waals surface area contributed by atoms with E-state index >= 15 is 0 Å². The van der Waals surface area contributed by atoms with Gasteiger partial charge >= 0.3 is 23.3 Å². The van der Waals surface area contributed by atoms with Crippen LogP contribution in [0.15, 0.2) is 0 Å². The molecule has 1 heterocycles. The summed E-state index contributed by atoms with van der Waals surface area (Å²) in [6, 6.07) is 0. The van der Waals surface area contributed by atoms with E-state index in [1.165, 1.54) is 50.0 Å². The van der Waals surface area contributed by atoms with Gasteiger partial charge in [0.15, 0.2) is 21.7 Å². The van der Waals surface area contributed by atoms with E-state index in [0.29, 0.717) is 16.7 Å². The predicted molar refractivity (Wildman–Crippen MR) is 100 cm³/mol. The first-order valence-electron chi connectivity index (χ1n) is 9.64. The smallest absolute Gasteiger partial charge is 0.460 e. The van der Waals surface area contributed by atoms with Crippen LogP contribution < -0.4 is 0 Å². The molecule has 1 aliphatic rings. The fourth-order valence-corrected chi connectivity index (χ4v) is 5.36. The number of hydrogen-bond acceptors (Lipinski definition) is 4. The standard InChI is InChI=1S/C13H25OS.C4HF9O3S/c1-2-3-4-6-9-13(14)12-15-10-7-5-8-11-15;5-1(6,3(9,10)11)2(7,8)4(12,13)17(14,15)16/h2-12H2,1H3;(H,14,15,16)/q+1;/p-1. The van der Waals surface area contributed by atoms with Crippen LogP contribution in [0.1, 0.15) is 58.3 Å². The Morgan fingerprint density at radius 2 is 1.34 bits per heavy atom. The first-order valence-corrected chi connectivity index (χ1v) is 12.8. The lowest BCUT2D eigenvalue weighted by molar-refractivity contribution is -0.382. The number of halogens is 9. The molecule has 192 valence electrons. The van der Waals surface area contributed by atoms with Crippen molar-refractivity contribution in [2.45, 2.75) is 81.6 Å². The van der Waals surface area contributed by atoms with Crippen molar-refractivity contribution in [2.75, 3.05) is 17.3 Å². The minimum atomic E-state index is -7.43. The topological polar surface area (TPSA) is 74.3 Å². The van der Waals surface area contributed by atoms with Crippen molar-refractivity contribution >= 4 is 26.8 Å². The summed E-state index contributed by atoms with van der Waals surface area (Å²) >= 11 is 0. The molecule has 32 heavy (non-hydrogen) atoms. The molecule has 0 aromatic heterocycles. The monoisotopic (exact) mass is 528 g/mol. The first-order chi connectivity index (χ1) is 14.3. The number of unbranched alkanes of at least 4 members (excludes halogenated alkanes) is 3. The van der Waals surface area contributed by atoms with E-state index in [4.69, 9.17) is 0 Å². The van der Waals surface area contributed by atoms with Gasteiger partial charge in [-0.1, -0.05) is 26.2 Å². The maximum atomic E-state index is 12.2. The summed E-state index contributed by atoms with van der Waals surface area (Å²) in [4.78, 5) is 11.7. The van der Waals surface area contributed by atoms with Crippen LogP contribution in [-0.4, -0.2) is 59.3 Å². The average Bonchev–Trinajstić information content (AvgIpc) is 2.64. The summed E-state index contributed by atoms with van der Waals surface area (Å²) in [5.41, 5.74) is 0. The molecule has 0 spiro atoms. The number of alkyl halides is 9. The molecule has 1 fully saturated rings. The first kappa shape index (κ1) is 31.3. The van der Waals surface area contributed by atoms with Crippen LogP contribution in [0.5, 0.6) is 0 Å². The van der Waals surface area contributed by atoms with Gasteiger partial charge in [-0.2, -0.15) is 39.5 Å². The Morgan fingerprint density at radius 1 is 0.844 bits per heavy atom. The minimum absolute atomic E-state index is 0.469. The van der Waals surface area contributed by atoms with Gasteiger partial charge in [0.1, 0.15) is 11.5 Å².